The maximum Gasteiger partial charge on any atom is 0.338 e. The van der Waals surface area contributed by atoms with E-state index in [-0.39, 0.29) is 17.5 Å². The number of esters is 1. The molecule has 0 amide bonds. The molecule has 0 aliphatic heterocycles. The monoisotopic (exact) mass is 375 g/mol. The Kier molecular flexibility index (Phi) is 6.30. The van der Waals surface area contributed by atoms with E-state index in [0.717, 1.165) is 10.1 Å². The van der Waals surface area contributed by atoms with Gasteiger partial charge in [-0.3, -0.25) is 19.1 Å². The first-order chi connectivity index (χ1) is 12.7. The number of hydrogen-bond donors (Lipinski definition) is 2. The molecule has 3 N–H and O–H groups in total. The summed E-state index contributed by atoms with van der Waals surface area (Å²) >= 11 is 0. The molecule has 0 bridgehead atoms. The number of ether oxygens (including phenoxy) is 2. The number of nitrogen functional groups attached to an aromatic ring is 1. The van der Waals surface area contributed by atoms with Crippen molar-refractivity contribution in [1.29, 1.82) is 0 Å². The summed E-state index contributed by atoms with van der Waals surface area (Å²) in [5, 5.41) is 0. The number of carbonyl (C=O) groups is 2. The molecular formula is C18H21N3O6. The molecule has 0 radical (unpaired) electrons. The minimum absolute atomic E-state index is 0.0914. The number of anilines is 1. The van der Waals surface area contributed by atoms with Crippen LogP contribution in [-0.2, 0) is 23.1 Å². The third kappa shape index (κ3) is 4.91. The number of benzene rings is 1. The molecule has 0 aliphatic rings. The van der Waals surface area contributed by atoms with Crippen LogP contribution in [0.2, 0.25) is 0 Å². The molecule has 0 spiro atoms. The van der Waals surface area contributed by atoms with E-state index in [4.69, 9.17) is 15.2 Å². The van der Waals surface area contributed by atoms with E-state index in [1.165, 1.54) is 7.05 Å². The van der Waals surface area contributed by atoms with Crippen LogP contribution in [-0.4, -0.2) is 34.0 Å². The Morgan fingerprint density at radius 2 is 1.81 bits per heavy atom. The largest absolute Gasteiger partial charge is 0.454 e. The van der Waals surface area contributed by atoms with Gasteiger partial charge in [0.05, 0.1) is 18.3 Å². The second-order valence-electron chi connectivity index (χ2n) is 6.13. The Labute approximate surface area is 154 Å². The summed E-state index contributed by atoms with van der Waals surface area (Å²) in [5.41, 5.74) is 4.68. The first-order valence-electron chi connectivity index (χ1n) is 8.20. The fourth-order valence-electron chi connectivity index (χ4n) is 2.19. The van der Waals surface area contributed by atoms with Crippen LogP contribution in [0.15, 0.2) is 33.9 Å². The lowest BCUT2D eigenvalue weighted by atomic mass is 10.1. The fraction of sp³-hybridized carbons (Fsp3) is 0.333. The predicted molar refractivity (Wildman–Crippen MR) is 97.7 cm³/mol. The van der Waals surface area contributed by atoms with E-state index in [9.17, 15) is 19.2 Å². The second-order valence-corrected chi connectivity index (χ2v) is 6.13. The van der Waals surface area contributed by atoms with Crippen molar-refractivity contribution in [2.24, 2.45) is 7.05 Å². The molecule has 1 heterocycles. The van der Waals surface area contributed by atoms with Gasteiger partial charge >= 0.3 is 11.7 Å². The quantitative estimate of drug-likeness (QED) is 0.535. The van der Waals surface area contributed by atoms with Gasteiger partial charge in [-0.25, -0.2) is 9.59 Å². The average molecular weight is 375 g/mol. The molecular weight excluding hydrogens is 354 g/mol. The van der Waals surface area contributed by atoms with Crippen molar-refractivity contribution in [2.45, 2.75) is 26.6 Å². The van der Waals surface area contributed by atoms with E-state index in [1.807, 2.05) is 18.8 Å². The molecule has 0 aliphatic carbocycles. The highest BCUT2D eigenvalue weighted by Gasteiger charge is 2.20. The Morgan fingerprint density at radius 1 is 1.19 bits per heavy atom. The first-order valence-corrected chi connectivity index (χ1v) is 8.20. The predicted octanol–water partition coefficient (Wildman–Crippen LogP) is 0.621. The maximum atomic E-state index is 12.2. The fourth-order valence-corrected chi connectivity index (χ4v) is 2.19. The smallest absolute Gasteiger partial charge is 0.338 e. The molecule has 9 nitrogen and oxygen atoms in total. The number of carbonyl (C=O) groups excluding carboxylic acids is 2. The molecule has 2 rings (SSSR count). The molecule has 144 valence electrons. The normalized spacial score (nSPS) is 10.8. The summed E-state index contributed by atoms with van der Waals surface area (Å²) in [6.07, 6.45) is 0.0914. The summed E-state index contributed by atoms with van der Waals surface area (Å²) in [4.78, 5) is 49.4. The van der Waals surface area contributed by atoms with Crippen molar-refractivity contribution >= 4 is 17.6 Å². The van der Waals surface area contributed by atoms with Crippen LogP contribution in [0, 0.1) is 0 Å². The van der Waals surface area contributed by atoms with Gasteiger partial charge in [0.2, 0.25) is 5.78 Å². The van der Waals surface area contributed by atoms with Crippen molar-refractivity contribution in [3.63, 3.8) is 0 Å². The van der Waals surface area contributed by atoms with E-state index in [0.29, 0.717) is 6.61 Å². The van der Waals surface area contributed by atoms with E-state index in [2.05, 4.69) is 0 Å². The third-order valence-corrected chi connectivity index (χ3v) is 3.76. The summed E-state index contributed by atoms with van der Waals surface area (Å²) in [6.45, 7) is 3.58. The van der Waals surface area contributed by atoms with Crippen LogP contribution in [0.25, 0.3) is 0 Å². The van der Waals surface area contributed by atoms with Gasteiger partial charge in [-0.2, -0.15) is 0 Å². The molecule has 9 heteroatoms. The van der Waals surface area contributed by atoms with Crippen molar-refractivity contribution in [2.75, 3.05) is 12.3 Å². The number of ketones is 1. The van der Waals surface area contributed by atoms with E-state index >= 15 is 0 Å². The highest BCUT2D eigenvalue weighted by Crippen LogP contribution is 2.09. The number of nitrogens with one attached hydrogen (secondary N) is 1. The van der Waals surface area contributed by atoms with Crippen LogP contribution in [0.1, 0.15) is 40.1 Å². The van der Waals surface area contributed by atoms with Crippen LogP contribution in [0.3, 0.4) is 0 Å². The van der Waals surface area contributed by atoms with Crippen molar-refractivity contribution in [1.82, 2.24) is 9.55 Å². The number of nitrogens with zero attached hydrogens (tertiary/aromatic N) is 1. The number of aromatic amines is 1. The second kappa shape index (κ2) is 8.45. The van der Waals surface area contributed by atoms with Crippen molar-refractivity contribution in [3.05, 3.63) is 61.8 Å². The topological polar surface area (TPSA) is 133 Å². The Balaban J connectivity index is 2.03. The molecule has 0 saturated heterocycles. The SMILES string of the molecule is CC(C)OCc1ccc(C(=O)OCC(=O)c2c(N)n(C)c(=O)[nH]c2=O)cc1. The molecule has 0 saturated carbocycles. The van der Waals surface area contributed by atoms with Gasteiger partial charge in [0.1, 0.15) is 11.4 Å². The number of rotatable bonds is 7. The molecule has 0 atom stereocenters. The zero-order valence-electron chi connectivity index (χ0n) is 15.3. The molecule has 1 aromatic heterocycles. The maximum absolute atomic E-state index is 12.2. The van der Waals surface area contributed by atoms with Crippen molar-refractivity contribution in [3.8, 4) is 0 Å². The number of nitrogens with two attached hydrogens (primary N) is 1. The van der Waals surface area contributed by atoms with Crippen LogP contribution in [0.4, 0.5) is 5.82 Å². The lowest BCUT2D eigenvalue weighted by Gasteiger charge is -2.09. The van der Waals surface area contributed by atoms with Gasteiger partial charge in [0.25, 0.3) is 5.56 Å². The lowest BCUT2D eigenvalue weighted by molar-refractivity contribution is 0.0473. The number of H-pyrrole nitrogens is 1. The summed E-state index contributed by atoms with van der Waals surface area (Å²) in [6, 6.07) is 6.55. The van der Waals surface area contributed by atoms with Crippen molar-refractivity contribution < 1.29 is 19.1 Å². The van der Waals surface area contributed by atoms with Gasteiger partial charge in [-0.05, 0) is 31.5 Å². The summed E-state index contributed by atoms with van der Waals surface area (Å²) < 4.78 is 11.3. The highest BCUT2D eigenvalue weighted by atomic mass is 16.5. The number of aromatic nitrogens is 2. The van der Waals surface area contributed by atoms with Crippen LogP contribution in [0.5, 0.6) is 0 Å². The minimum Gasteiger partial charge on any atom is -0.454 e. The molecule has 0 unspecified atom stereocenters. The molecule has 0 fully saturated rings. The molecule has 2 aromatic rings. The van der Waals surface area contributed by atoms with Crippen LogP contribution < -0.4 is 17.0 Å². The molecule has 27 heavy (non-hydrogen) atoms. The van der Waals surface area contributed by atoms with Gasteiger partial charge in [0, 0.05) is 7.05 Å². The third-order valence-electron chi connectivity index (χ3n) is 3.76. The summed E-state index contributed by atoms with van der Waals surface area (Å²) in [7, 11) is 1.31. The number of Topliss-reactive ketones (excluding diaryl/α,β-unsaturated/α-hetero) is 1. The zero-order chi connectivity index (χ0) is 20.1. The summed E-state index contributed by atoms with van der Waals surface area (Å²) in [5.74, 6) is -1.82. The Morgan fingerprint density at radius 3 is 2.41 bits per heavy atom. The van der Waals surface area contributed by atoms with Gasteiger partial charge in [-0.1, -0.05) is 12.1 Å². The van der Waals surface area contributed by atoms with E-state index < -0.39 is 35.2 Å². The van der Waals surface area contributed by atoms with Gasteiger partial charge in [-0.15, -0.1) is 0 Å². The Bertz CT molecular complexity index is 957. The minimum atomic E-state index is -0.925. The average Bonchev–Trinajstić information content (AvgIpc) is 2.63. The Hall–Kier alpha value is -3.20. The highest BCUT2D eigenvalue weighted by molar-refractivity contribution is 6.02. The molecule has 1 aromatic carbocycles. The van der Waals surface area contributed by atoms with Gasteiger partial charge in [0.15, 0.2) is 6.61 Å². The first kappa shape index (κ1) is 20.1. The number of hydrogen-bond acceptors (Lipinski definition) is 7. The van der Waals surface area contributed by atoms with Gasteiger partial charge < -0.3 is 15.2 Å². The zero-order valence-corrected chi connectivity index (χ0v) is 15.3. The lowest BCUT2D eigenvalue weighted by Crippen LogP contribution is -2.35. The van der Waals surface area contributed by atoms with E-state index in [1.54, 1.807) is 24.3 Å². The standard InChI is InChI=1S/C18H21N3O6/c1-10(2)26-8-11-4-6-12(7-5-11)17(24)27-9-13(22)14-15(19)21(3)18(25)20-16(14)23/h4-7,10H,8-9,19H2,1-3H3,(H,20,23,25). The van der Waals surface area contributed by atoms with Crippen LogP contribution >= 0.6 is 0 Å².